The van der Waals surface area contributed by atoms with E-state index in [4.69, 9.17) is 14.9 Å². The smallest absolute Gasteiger partial charge is 0.342 e. The van der Waals surface area contributed by atoms with Crippen LogP contribution in [0.25, 0.3) is 0 Å². The maximum atomic E-state index is 12.6. The number of carbonyl (C=O) groups is 1. The average Bonchev–Trinajstić information content (AvgIpc) is 2.87. The molecule has 3 rings (SSSR count). The predicted molar refractivity (Wildman–Crippen MR) is 101 cm³/mol. The first-order valence-corrected chi connectivity index (χ1v) is 8.60. The van der Waals surface area contributed by atoms with Gasteiger partial charge in [-0.3, -0.25) is 0 Å². The van der Waals surface area contributed by atoms with Crippen LogP contribution in [-0.2, 0) is 27.5 Å². The van der Waals surface area contributed by atoms with E-state index in [9.17, 15) is 4.79 Å². The summed E-state index contributed by atoms with van der Waals surface area (Å²) in [6.07, 6.45) is 4.65. The number of nitrogens with one attached hydrogen (secondary N) is 1. The minimum atomic E-state index is -0.472. The molecule has 0 fully saturated rings. The minimum Gasteiger partial charge on any atom is -0.488 e. The second-order valence-corrected chi connectivity index (χ2v) is 6.03. The molecule has 1 aliphatic carbocycles. The molecule has 0 saturated carbocycles. The lowest BCUT2D eigenvalue weighted by Gasteiger charge is -2.13. The van der Waals surface area contributed by atoms with E-state index in [0.29, 0.717) is 36.5 Å². The van der Waals surface area contributed by atoms with Gasteiger partial charge in [0, 0.05) is 5.71 Å². The van der Waals surface area contributed by atoms with Crippen LogP contribution in [0, 0.1) is 5.41 Å². The van der Waals surface area contributed by atoms with Crippen molar-refractivity contribution in [1.29, 1.82) is 5.41 Å². The fourth-order valence-corrected chi connectivity index (χ4v) is 2.62. The van der Waals surface area contributed by atoms with Crippen molar-refractivity contribution >= 4 is 11.7 Å². The van der Waals surface area contributed by atoms with Crippen LogP contribution in [0.4, 0.5) is 0 Å². The van der Waals surface area contributed by atoms with Gasteiger partial charge in [-0.05, 0) is 36.1 Å². The summed E-state index contributed by atoms with van der Waals surface area (Å²) in [6, 6.07) is 19.3. The molecule has 2 aromatic rings. The SMILES string of the molecule is N=C1C=C(C(=O)OCc2ccccc2)C(OCc2ccccc2)=CCC1. The summed E-state index contributed by atoms with van der Waals surface area (Å²) < 4.78 is 11.3. The Balaban J connectivity index is 1.69. The second-order valence-electron chi connectivity index (χ2n) is 6.03. The van der Waals surface area contributed by atoms with Gasteiger partial charge in [0.15, 0.2) is 0 Å². The topological polar surface area (TPSA) is 59.4 Å². The van der Waals surface area contributed by atoms with Gasteiger partial charge in [-0.2, -0.15) is 0 Å². The first-order chi connectivity index (χ1) is 12.7. The fourth-order valence-electron chi connectivity index (χ4n) is 2.62. The Labute approximate surface area is 153 Å². The summed E-state index contributed by atoms with van der Waals surface area (Å²) in [5.74, 6) is 0.00831. The summed E-state index contributed by atoms with van der Waals surface area (Å²) in [7, 11) is 0. The van der Waals surface area contributed by atoms with E-state index in [2.05, 4.69) is 0 Å². The number of allylic oxidation sites excluding steroid dienone is 2. The highest BCUT2D eigenvalue weighted by molar-refractivity contribution is 6.03. The fraction of sp³-hybridized carbons (Fsp3) is 0.182. The Morgan fingerprint density at radius 1 is 0.923 bits per heavy atom. The van der Waals surface area contributed by atoms with Crippen molar-refractivity contribution in [2.45, 2.75) is 26.1 Å². The number of carbonyl (C=O) groups excluding carboxylic acids is 1. The molecule has 0 atom stereocenters. The first-order valence-electron chi connectivity index (χ1n) is 8.60. The maximum Gasteiger partial charge on any atom is 0.342 e. The zero-order chi connectivity index (χ0) is 18.2. The van der Waals surface area contributed by atoms with Crippen LogP contribution >= 0.6 is 0 Å². The predicted octanol–water partition coefficient (Wildman–Crippen LogP) is 4.57. The number of esters is 1. The summed E-state index contributed by atoms with van der Waals surface area (Å²) in [6.45, 7) is 0.555. The molecule has 0 heterocycles. The van der Waals surface area contributed by atoms with E-state index in [1.807, 2.05) is 66.7 Å². The molecule has 0 bridgehead atoms. The third kappa shape index (κ3) is 4.93. The van der Waals surface area contributed by atoms with Crippen molar-refractivity contribution in [3.05, 3.63) is 95.3 Å². The number of benzene rings is 2. The number of rotatable bonds is 6. The van der Waals surface area contributed by atoms with Crippen LogP contribution in [0.2, 0.25) is 0 Å². The number of hydrogen-bond donors (Lipinski definition) is 1. The molecule has 0 aromatic heterocycles. The monoisotopic (exact) mass is 347 g/mol. The lowest BCUT2D eigenvalue weighted by Crippen LogP contribution is -2.12. The van der Waals surface area contributed by atoms with Gasteiger partial charge in [0.05, 0.1) is 0 Å². The number of ether oxygens (including phenoxy) is 2. The Morgan fingerprint density at radius 2 is 1.54 bits per heavy atom. The van der Waals surface area contributed by atoms with Crippen LogP contribution < -0.4 is 0 Å². The zero-order valence-corrected chi connectivity index (χ0v) is 14.5. The van der Waals surface area contributed by atoms with E-state index in [1.54, 1.807) is 6.08 Å². The highest BCUT2D eigenvalue weighted by atomic mass is 16.5. The van der Waals surface area contributed by atoms with Crippen LogP contribution in [-0.4, -0.2) is 11.7 Å². The van der Waals surface area contributed by atoms with Crippen LogP contribution in [0.5, 0.6) is 0 Å². The minimum absolute atomic E-state index is 0.191. The maximum absolute atomic E-state index is 12.6. The largest absolute Gasteiger partial charge is 0.488 e. The molecule has 132 valence electrons. The van der Waals surface area contributed by atoms with Gasteiger partial charge in [-0.15, -0.1) is 0 Å². The van der Waals surface area contributed by atoms with Crippen molar-refractivity contribution in [2.24, 2.45) is 0 Å². The lowest BCUT2D eigenvalue weighted by atomic mass is 10.1. The summed E-state index contributed by atoms with van der Waals surface area (Å²) >= 11 is 0. The highest BCUT2D eigenvalue weighted by Crippen LogP contribution is 2.21. The Hall–Kier alpha value is -3.14. The van der Waals surface area contributed by atoms with Crippen molar-refractivity contribution in [3.8, 4) is 0 Å². The molecule has 0 amide bonds. The van der Waals surface area contributed by atoms with E-state index >= 15 is 0 Å². The Morgan fingerprint density at radius 3 is 2.19 bits per heavy atom. The molecule has 0 saturated heterocycles. The quantitative estimate of drug-likeness (QED) is 0.779. The standard InChI is InChI=1S/C22H21NO3/c23-19-12-7-13-21(25-15-17-8-3-1-4-9-17)20(14-19)22(24)26-16-18-10-5-2-6-11-18/h1-6,8-11,13-14,23H,7,12,15-16H2. The van der Waals surface area contributed by atoms with E-state index in [0.717, 1.165) is 11.1 Å². The summed E-state index contributed by atoms with van der Waals surface area (Å²) in [5, 5.41) is 7.96. The van der Waals surface area contributed by atoms with Crippen molar-refractivity contribution in [3.63, 3.8) is 0 Å². The molecule has 4 nitrogen and oxygen atoms in total. The third-order valence-corrected chi connectivity index (χ3v) is 4.00. The normalized spacial score (nSPS) is 14.1. The lowest BCUT2D eigenvalue weighted by molar-refractivity contribution is -0.140. The summed E-state index contributed by atoms with van der Waals surface area (Å²) in [5.41, 5.74) is 2.64. The third-order valence-electron chi connectivity index (χ3n) is 4.00. The van der Waals surface area contributed by atoms with Crippen LogP contribution in [0.15, 0.2) is 84.1 Å². The molecule has 0 radical (unpaired) electrons. The van der Waals surface area contributed by atoms with Crippen LogP contribution in [0.1, 0.15) is 24.0 Å². The molecule has 4 heteroatoms. The molecule has 1 N–H and O–H groups in total. The van der Waals surface area contributed by atoms with Crippen molar-refractivity contribution in [1.82, 2.24) is 0 Å². The van der Waals surface area contributed by atoms with Crippen molar-refractivity contribution in [2.75, 3.05) is 0 Å². The average molecular weight is 347 g/mol. The van der Waals surface area contributed by atoms with Gasteiger partial charge in [0.1, 0.15) is 24.5 Å². The van der Waals surface area contributed by atoms with Gasteiger partial charge in [0.2, 0.25) is 0 Å². The van der Waals surface area contributed by atoms with Gasteiger partial charge >= 0.3 is 5.97 Å². The molecular weight excluding hydrogens is 326 g/mol. The summed E-state index contributed by atoms with van der Waals surface area (Å²) in [4.78, 5) is 12.6. The Kier molecular flexibility index (Phi) is 5.99. The van der Waals surface area contributed by atoms with Gasteiger partial charge < -0.3 is 14.9 Å². The van der Waals surface area contributed by atoms with E-state index in [1.165, 1.54) is 0 Å². The molecule has 26 heavy (non-hydrogen) atoms. The molecule has 1 aliphatic rings. The molecule has 2 aromatic carbocycles. The molecular formula is C22H21NO3. The first kappa shape index (κ1) is 17.7. The Bertz CT molecular complexity index is 823. The number of hydrogen-bond acceptors (Lipinski definition) is 4. The molecule has 0 spiro atoms. The van der Waals surface area contributed by atoms with Gasteiger partial charge in [-0.25, -0.2) is 4.79 Å². The molecule has 0 unspecified atom stereocenters. The van der Waals surface area contributed by atoms with E-state index < -0.39 is 5.97 Å². The second kappa shape index (κ2) is 8.81. The van der Waals surface area contributed by atoms with Gasteiger partial charge in [0.25, 0.3) is 0 Å². The highest BCUT2D eigenvalue weighted by Gasteiger charge is 2.21. The van der Waals surface area contributed by atoms with E-state index in [-0.39, 0.29) is 6.61 Å². The van der Waals surface area contributed by atoms with Crippen LogP contribution in [0.3, 0.4) is 0 Å². The van der Waals surface area contributed by atoms with Crippen molar-refractivity contribution < 1.29 is 14.3 Å². The van der Waals surface area contributed by atoms with Gasteiger partial charge in [-0.1, -0.05) is 60.7 Å². The zero-order valence-electron chi connectivity index (χ0n) is 14.5. The molecule has 0 aliphatic heterocycles.